The third-order valence-electron chi connectivity index (χ3n) is 5.76. The van der Waals surface area contributed by atoms with Crippen LogP contribution in [0.25, 0.3) is 21.7 Å². The molecule has 2 aromatic carbocycles. The Balaban J connectivity index is 1.58. The first-order valence-electron chi connectivity index (χ1n) is 10.4. The molecule has 152 valence electrons. The van der Waals surface area contributed by atoms with Crippen molar-refractivity contribution in [3.63, 3.8) is 0 Å². The molecule has 1 atom stereocenters. The van der Waals surface area contributed by atoms with Gasteiger partial charge in [0.25, 0.3) is 5.56 Å². The zero-order valence-corrected chi connectivity index (χ0v) is 17.8. The summed E-state index contributed by atoms with van der Waals surface area (Å²) in [6.07, 6.45) is 7.00. The van der Waals surface area contributed by atoms with Gasteiger partial charge in [0.15, 0.2) is 5.16 Å². The maximum Gasteiger partial charge on any atom is 0.261 e. The van der Waals surface area contributed by atoms with E-state index in [0.717, 1.165) is 23.6 Å². The Bertz CT molecular complexity index is 1100. The monoisotopic (exact) mass is 409 g/mol. The number of carbonyl (C=O) groups is 1. The predicted octanol–water partition coefficient (Wildman–Crippen LogP) is 4.41. The normalized spacial score (nSPS) is 16.6. The Morgan fingerprint density at radius 1 is 1.14 bits per heavy atom. The van der Waals surface area contributed by atoms with E-state index >= 15 is 0 Å². The van der Waals surface area contributed by atoms with E-state index in [2.05, 4.69) is 5.32 Å². The van der Waals surface area contributed by atoms with E-state index in [1.807, 2.05) is 43.3 Å². The Hall–Kier alpha value is -2.34. The summed E-state index contributed by atoms with van der Waals surface area (Å²) in [6.45, 7) is 1.88. The van der Waals surface area contributed by atoms with Gasteiger partial charge in [-0.2, -0.15) is 0 Å². The van der Waals surface area contributed by atoms with Gasteiger partial charge in [0.05, 0.1) is 16.2 Å². The van der Waals surface area contributed by atoms with Crippen molar-refractivity contribution in [2.45, 2.75) is 61.9 Å². The van der Waals surface area contributed by atoms with Crippen LogP contribution in [0.5, 0.6) is 0 Å². The largest absolute Gasteiger partial charge is 0.352 e. The molecule has 6 heteroatoms. The molecule has 4 rings (SSSR count). The number of nitrogens with zero attached hydrogens (tertiary/aromatic N) is 2. The number of hydrogen-bond acceptors (Lipinski definition) is 4. The maximum atomic E-state index is 12.9. The molecule has 1 aliphatic rings. The van der Waals surface area contributed by atoms with Crippen molar-refractivity contribution in [2.24, 2.45) is 7.05 Å². The van der Waals surface area contributed by atoms with Crippen molar-refractivity contribution in [1.82, 2.24) is 14.9 Å². The average Bonchev–Trinajstić information content (AvgIpc) is 2.99. The number of aromatic nitrogens is 2. The van der Waals surface area contributed by atoms with E-state index in [1.165, 1.54) is 37.4 Å². The number of amides is 1. The van der Waals surface area contributed by atoms with Crippen molar-refractivity contribution in [1.29, 1.82) is 0 Å². The highest BCUT2D eigenvalue weighted by molar-refractivity contribution is 8.00. The second-order valence-electron chi connectivity index (χ2n) is 7.93. The minimum absolute atomic E-state index is 0.0229. The summed E-state index contributed by atoms with van der Waals surface area (Å²) in [7, 11) is 1.72. The number of benzene rings is 2. The van der Waals surface area contributed by atoms with Crippen LogP contribution in [-0.2, 0) is 11.8 Å². The highest BCUT2D eigenvalue weighted by Crippen LogP contribution is 2.25. The SMILES string of the molecule is C[C@@H](Sc1nc2cc3ccccc3cc2c(=O)n1C)C(=O)NC1CCCCCC1. The first-order chi connectivity index (χ1) is 14.0. The Morgan fingerprint density at radius 3 is 2.48 bits per heavy atom. The van der Waals surface area contributed by atoms with Gasteiger partial charge in [0.2, 0.25) is 5.91 Å². The van der Waals surface area contributed by atoms with Gasteiger partial charge in [-0.05, 0) is 42.7 Å². The average molecular weight is 410 g/mol. The van der Waals surface area contributed by atoms with Crippen LogP contribution in [0.2, 0.25) is 0 Å². The smallest absolute Gasteiger partial charge is 0.261 e. The van der Waals surface area contributed by atoms with Crippen LogP contribution in [0.1, 0.15) is 45.4 Å². The molecule has 0 aliphatic heterocycles. The van der Waals surface area contributed by atoms with E-state index in [0.29, 0.717) is 16.1 Å². The molecule has 0 bridgehead atoms. The summed E-state index contributed by atoms with van der Waals surface area (Å²) in [5.41, 5.74) is 0.588. The minimum atomic E-state index is -0.311. The molecule has 0 saturated heterocycles. The van der Waals surface area contributed by atoms with E-state index < -0.39 is 0 Å². The maximum absolute atomic E-state index is 12.9. The van der Waals surface area contributed by atoms with Gasteiger partial charge in [-0.1, -0.05) is 61.7 Å². The van der Waals surface area contributed by atoms with Crippen LogP contribution in [0, 0.1) is 0 Å². The number of hydrogen-bond donors (Lipinski definition) is 1. The van der Waals surface area contributed by atoms with Crippen molar-refractivity contribution >= 4 is 39.3 Å². The second-order valence-corrected chi connectivity index (χ2v) is 9.24. The van der Waals surface area contributed by atoms with Crippen molar-refractivity contribution < 1.29 is 4.79 Å². The molecule has 1 aromatic heterocycles. The first kappa shape index (κ1) is 20.0. The lowest BCUT2D eigenvalue weighted by molar-refractivity contribution is -0.121. The third-order valence-corrected chi connectivity index (χ3v) is 6.90. The van der Waals surface area contributed by atoms with Gasteiger partial charge in [0.1, 0.15) is 0 Å². The summed E-state index contributed by atoms with van der Waals surface area (Å²) < 4.78 is 1.55. The lowest BCUT2D eigenvalue weighted by atomic mass is 10.1. The number of nitrogens with one attached hydrogen (secondary N) is 1. The number of carbonyl (C=O) groups excluding carboxylic acids is 1. The Labute approximate surface area is 174 Å². The van der Waals surface area contributed by atoms with Crippen LogP contribution < -0.4 is 10.9 Å². The van der Waals surface area contributed by atoms with E-state index in [1.54, 1.807) is 11.6 Å². The van der Waals surface area contributed by atoms with Gasteiger partial charge in [-0.15, -0.1) is 0 Å². The molecule has 1 N–H and O–H groups in total. The molecule has 1 amide bonds. The molecule has 1 saturated carbocycles. The molecule has 0 spiro atoms. The first-order valence-corrected chi connectivity index (χ1v) is 11.3. The van der Waals surface area contributed by atoms with Gasteiger partial charge in [-0.25, -0.2) is 4.98 Å². The fraction of sp³-hybridized carbons (Fsp3) is 0.435. The third kappa shape index (κ3) is 4.32. The summed E-state index contributed by atoms with van der Waals surface area (Å²) in [6, 6.07) is 12.1. The summed E-state index contributed by atoms with van der Waals surface area (Å²) in [4.78, 5) is 30.3. The van der Waals surface area contributed by atoms with Gasteiger partial charge >= 0.3 is 0 Å². The molecular weight excluding hydrogens is 382 g/mol. The Morgan fingerprint density at radius 2 is 1.79 bits per heavy atom. The highest BCUT2D eigenvalue weighted by Gasteiger charge is 2.22. The molecule has 0 radical (unpaired) electrons. The van der Waals surface area contributed by atoms with E-state index in [-0.39, 0.29) is 22.8 Å². The zero-order valence-electron chi connectivity index (χ0n) is 17.0. The van der Waals surface area contributed by atoms with Gasteiger partial charge < -0.3 is 5.32 Å². The van der Waals surface area contributed by atoms with Crippen LogP contribution in [-0.4, -0.2) is 26.8 Å². The molecule has 29 heavy (non-hydrogen) atoms. The van der Waals surface area contributed by atoms with Crippen molar-refractivity contribution in [3.8, 4) is 0 Å². The van der Waals surface area contributed by atoms with E-state index in [4.69, 9.17) is 4.98 Å². The molecule has 1 heterocycles. The molecule has 1 fully saturated rings. The second kappa shape index (κ2) is 8.57. The number of thioether (sulfide) groups is 1. The number of fused-ring (bicyclic) bond motifs is 2. The van der Waals surface area contributed by atoms with Crippen LogP contribution in [0.3, 0.4) is 0 Å². The molecule has 5 nitrogen and oxygen atoms in total. The minimum Gasteiger partial charge on any atom is -0.352 e. The molecule has 1 aliphatic carbocycles. The lowest BCUT2D eigenvalue weighted by Crippen LogP contribution is -2.39. The van der Waals surface area contributed by atoms with E-state index in [9.17, 15) is 9.59 Å². The van der Waals surface area contributed by atoms with Crippen LogP contribution in [0.15, 0.2) is 46.3 Å². The fourth-order valence-electron chi connectivity index (χ4n) is 4.00. The summed E-state index contributed by atoms with van der Waals surface area (Å²) in [5, 5.41) is 6.14. The van der Waals surface area contributed by atoms with Crippen molar-refractivity contribution in [3.05, 3.63) is 46.8 Å². The fourth-order valence-corrected chi connectivity index (χ4v) is 4.88. The summed E-state index contributed by atoms with van der Waals surface area (Å²) in [5.74, 6) is 0.0229. The highest BCUT2D eigenvalue weighted by atomic mass is 32.2. The van der Waals surface area contributed by atoms with Crippen LogP contribution in [0.4, 0.5) is 0 Å². The quantitative estimate of drug-likeness (QED) is 0.300. The standard InChI is InChI=1S/C23H27N3O2S/c1-15(21(27)24-18-11-5-3-4-6-12-18)29-23-25-20-14-17-10-8-7-9-16(17)13-19(20)22(28)26(23)2/h7-10,13-15,18H,3-6,11-12H2,1-2H3,(H,24,27)/t15-/m1/s1. The number of rotatable bonds is 4. The summed E-state index contributed by atoms with van der Waals surface area (Å²) >= 11 is 1.35. The predicted molar refractivity (Wildman–Crippen MR) is 119 cm³/mol. The van der Waals surface area contributed by atoms with Crippen LogP contribution >= 0.6 is 11.8 Å². The van der Waals surface area contributed by atoms with Gasteiger partial charge in [-0.3, -0.25) is 14.2 Å². The molecule has 3 aromatic rings. The molecular formula is C23H27N3O2S. The van der Waals surface area contributed by atoms with Gasteiger partial charge in [0, 0.05) is 13.1 Å². The Kier molecular flexibility index (Phi) is 5.90. The lowest BCUT2D eigenvalue weighted by Gasteiger charge is -2.19. The van der Waals surface area contributed by atoms with Crippen molar-refractivity contribution in [2.75, 3.05) is 0 Å². The molecule has 0 unspecified atom stereocenters. The topological polar surface area (TPSA) is 64.0 Å². The zero-order chi connectivity index (χ0) is 20.4.